The molecule has 0 aromatic heterocycles. The lowest BCUT2D eigenvalue weighted by Gasteiger charge is -2.32. The number of anilines is 1. The lowest BCUT2D eigenvalue weighted by Crippen LogP contribution is -2.51. The Labute approximate surface area is 227 Å². The molecule has 0 spiro atoms. The maximum Gasteiger partial charge on any atom is 0.244 e. The molecule has 0 bridgehead atoms. The van der Waals surface area contributed by atoms with E-state index in [9.17, 15) is 18.0 Å². The van der Waals surface area contributed by atoms with E-state index in [0.717, 1.165) is 23.4 Å². The lowest BCUT2D eigenvalue weighted by molar-refractivity contribution is -0.139. The van der Waals surface area contributed by atoms with Crippen LogP contribution in [0.5, 0.6) is 5.75 Å². The van der Waals surface area contributed by atoms with Crippen LogP contribution in [-0.2, 0) is 26.2 Å². The van der Waals surface area contributed by atoms with Crippen molar-refractivity contribution in [3.05, 3.63) is 57.0 Å². The molecular formula is C24H30Cl3N3O5S. The summed E-state index contributed by atoms with van der Waals surface area (Å²) in [5.41, 5.74) is 0.619. The highest BCUT2D eigenvalue weighted by atomic mass is 35.5. The van der Waals surface area contributed by atoms with Crippen LogP contribution in [-0.4, -0.2) is 57.6 Å². The zero-order chi connectivity index (χ0) is 27.0. The van der Waals surface area contributed by atoms with Crippen molar-refractivity contribution >= 4 is 62.3 Å². The summed E-state index contributed by atoms with van der Waals surface area (Å²) in [7, 11) is -2.47. The number of ether oxygens (including phenoxy) is 1. The normalized spacial score (nSPS) is 12.1. The van der Waals surface area contributed by atoms with Crippen molar-refractivity contribution in [3.8, 4) is 5.75 Å². The summed E-state index contributed by atoms with van der Waals surface area (Å²) in [6, 6.07) is 8.37. The fraction of sp³-hybridized carbons (Fsp3) is 0.417. The van der Waals surface area contributed by atoms with Crippen LogP contribution in [0, 0.1) is 0 Å². The molecule has 0 heterocycles. The highest BCUT2D eigenvalue weighted by Crippen LogP contribution is 2.31. The highest BCUT2D eigenvalue weighted by Gasteiger charge is 2.31. The van der Waals surface area contributed by atoms with Gasteiger partial charge in [0.1, 0.15) is 18.3 Å². The van der Waals surface area contributed by atoms with Gasteiger partial charge in [-0.2, -0.15) is 0 Å². The number of nitrogens with one attached hydrogen (secondary N) is 1. The van der Waals surface area contributed by atoms with Crippen LogP contribution in [0.15, 0.2) is 36.4 Å². The van der Waals surface area contributed by atoms with Gasteiger partial charge in [0.2, 0.25) is 21.8 Å². The van der Waals surface area contributed by atoms with E-state index in [2.05, 4.69) is 5.32 Å². The predicted octanol–water partition coefficient (Wildman–Crippen LogP) is 4.76. The van der Waals surface area contributed by atoms with Gasteiger partial charge in [0, 0.05) is 28.7 Å². The minimum absolute atomic E-state index is 0.0966. The van der Waals surface area contributed by atoms with Gasteiger partial charge >= 0.3 is 0 Å². The molecule has 0 aliphatic heterocycles. The molecule has 2 aromatic rings. The largest absolute Gasteiger partial charge is 0.495 e. The number of halogens is 3. The van der Waals surface area contributed by atoms with Gasteiger partial charge in [0.15, 0.2) is 0 Å². The van der Waals surface area contributed by atoms with Gasteiger partial charge in [-0.15, -0.1) is 0 Å². The van der Waals surface area contributed by atoms with Crippen LogP contribution >= 0.6 is 34.8 Å². The first-order valence-electron chi connectivity index (χ1n) is 11.2. The Bertz CT molecular complexity index is 1170. The Morgan fingerprint density at radius 1 is 1.08 bits per heavy atom. The van der Waals surface area contributed by atoms with Crippen molar-refractivity contribution in [3.63, 3.8) is 0 Å². The SMILES string of the molecule is CCCCNC(=O)C(C)N(Cc1c(Cl)cccc1Cl)C(=O)CN(c1ccc(OC)c(Cl)c1)S(C)(=O)=O. The third-order valence-corrected chi connectivity index (χ3v) is 7.63. The van der Waals surface area contributed by atoms with Gasteiger partial charge in [0.25, 0.3) is 0 Å². The molecule has 0 aliphatic carbocycles. The number of rotatable bonds is 12. The molecule has 2 aromatic carbocycles. The number of unbranched alkanes of at least 4 members (excludes halogenated alkanes) is 1. The maximum atomic E-state index is 13.6. The summed E-state index contributed by atoms with van der Waals surface area (Å²) >= 11 is 18.9. The van der Waals surface area contributed by atoms with E-state index in [4.69, 9.17) is 39.5 Å². The third kappa shape index (κ3) is 7.90. The molecule has 0 fully saturated rings. The molecular weight excluding hydrogens is 549 g/mol. The van der Waals surface area contributed by atoms with Gasteiger partial charge in [0.05, 0.1) is 24.1 Å². The number of benzene rings is 2. The van der Waals surface area contributed by atoms with E-state index in [1.54, 1.807) is 25.1 Å². The third-order valence-electron chi connectivity index (χ3n) is 5.49. The molecule has 1 atom stereocenters. The van der Waals surface area contributed by atoms with Crippen LogP contribution < -0.4 is 14.4 Å². The van der Waals surface area contributed by atoms with Gasteiger partial charge < -0.3 is 15.0 Å². The van der Waals surface area contributed by atoms with Crippen molar-refractivity contribution in [1.82, 2.24) is 10.2 Å². The summed E-state index contributed by atoms with van der Waals surface area (Å²) < 4.78 is 31.4. The average Bonchev–Trinajstić information content (AvgIpc) is 2.81. The molecule has 2 rings (SSSR count). The molecule has 0 saturated carbocycles. The van der Waals surface area contributed by atoms with Crippen molar-refractivity contribution in [2.75, 3.05) is 30.8 Å². The molecule has 2 amide bonds. The molecule has 36 heavy (non-hydrogen) atoms. The fourth-order valence-electron chi connectivity index (χ4n) is 3.40. The molecule has 8 nitrogen and oxygen atoms in total. The van der Waals surface area contributed by atoms with Gasteiger partial charge in [-0.05, 0) is 43.7 Å². The Morgan fingerprint density at radius 3 is 2.25 bits per heavy atom. The van der Waals surface area contributed by atoms with E-state index in [0.29, 0.717) is 27.9 Å². The number of hydrogen-bond donors (Lipinski definition) is 1. The summed E-state index contributed by atoms with van der Waals surface area (Å²) in [4.78, 5) is 27.7. The number of amides is 2. The number of methoxy groups -OCH3 is 1. The van der Waals surface area contributed by atoms with Crippen molar-refractivity contribution in [1.29, 1.82) is 0 Å². The van der Waals surface area contributed by atoms with E-state index in [1.165, 1.54) is 30.2 Å². The standard InChI is InChI=1S/C24H30Cl3N3O5S/c1-5-6-12-28-24(32)16(2)29(14-18-19(25)8-7-9-20(18)26)23(31)15-30(36(4,33)34)17-10-11-22(35-3)21(27)13-17/h7-11,13,16H,5-6,12,14-15H2,1-4H3,(H,28,32). The molecule has 1 N–H and O–H groups in total. The summed E-state index contributed by atoms with van der Waals surface area (Å²) in [5, 5.41) is 3.63. The first-order chi connectivity index (χ1) is 16.9. The van der Waals surface area contributed by atoms with E-state index >= 15 is 0 Å². The minimum atomic E-state index is -3.90. The van der Waals surface area contributed by atoms with Crippen LogP contribution in [0.25, 0.3) is 0 Å². The Balaban J connectivity index is 2.44. The predicted molar refractivity (Wildman–Crippen MR) is 145 cm³/mol. The molecule has 0 saturated heterocycles. The van der Waals surface area contributed by atoms with Crippen LogP contribution in [0.2, 0.25) is 15.1 Å². The summed E-state index contributed by atoms with van der Waals surface area (Å²) in [6.07, 6.45) is 2.65. The Kier molecular flexibility index (Phi) is 11.2. The van der Waals surface area contributed by atoms with Crippen LogP contribution in [0.4, 0.5) is 5.69 Å². The van der Waals surface area contributed by atoms with Gasteiger partial charge in [-0.3, -0.25) is 13.9 Å². The molecule has 0 aliphatic rings. The number of sulfonamides is 1. The highest BCUT2D eigenvalue weighted by molar-refractivity contribution is 7.92. The molecule has 198 valence electrons. The van der Waals surface area contributed by atoms with E-state index < -0.39 is 28.5 Å². The van der Waals surface area contributed by atoms with Crippen LogP contribution in [0.1, 0.15) is 32.3 Å². The van der Waals surface area contributed by atoms with Crippen molar-refractivity contribution < 1.29 is 22.7 Å². The van der Waals surface area contributed by atoms with Crippen molar-refractivity contribution in [2.45, 2.75) is 39.3 Å². The second-order valence-corrected chi connectivity index (χ2v) is 11.3. The monoisotopic (exact) mass is 577 g/mol. The van der Waals surface area contributed by atoms with Crippen molar-refractivity contribution in [2.24, 2.45) is 0 Å². The number of carbonyl (C=O) groups is 2. The Morgan fingerprint density at radius 2 is 1.72 bits per heavy atom. The summed E-state index contributed by atoms with van der Waals surface area (Å²) in [5.74, 6) is -0.646. The second kappa shape index (κ2) is 13.4. The second-order valence-electron chi connectivity index (χ2n) is 8.13. The fourth-order valence-corrected chi connectivity index (χ4v) is 5.01. The zero-order valence-corrected chi connectivity index (χ0v) is 23.6. The molecule has 1 unspecified atom stereocenters. The lowest BCUT2D eigenvalue weighted by atomic mass is 10.1. The van der Waals surface area contributed by atoms with E-state index in [1.807, 2.05) is 6.92 Å². The summed E-state index contributed by atoms with van der Waals surface area (Å²) in [6.45, 7) is 3.35. The minimum Gasteiger partial charge on any atom is -0.495 e. The quantitative estimate of drug-likeness (QED) is 0.367. The average molecular weight is 579 g/mol. The topological polar surface area (TPSA) is 96.0 Å². The smallest absolute Gasteiger partial charge is 0.244 e. The van der Waals surface area contributed by atoms with Gasteiger partial charge in [-0.25, -0.2) is 8.42 Å². The number of nitrogens with zero attached hydrogens (tertiary/aromatic N) is 2. The molecule has 12 heteroatoms. The number of carbonyl (C=O) groups excluding carboxylic acids is 2. The molecule has 0 radical (unpaired) electrons. The van der Waals surface area contributed by atoms with Crippen LogP contribution in [0.3, 0.4) is 0 Å². The Hall–Kier alpha value is -2.20. The van der Waals surface area contributed by atoms with E-state index in [-0.39, 0.29) is 23.2 Å². The first-order valence-corrected chi connectivity index (χ1v) is 14.2. The maximum absolute atomic E-state index is 13.6. The number of hydrogen-bond acceptors (Lipinski definition) is 5. The van der Waals surface area contributed by atoms with Gasteiger partial charge in [-0.1, -0.05) is 54.2 Å². The zero-order valence-electron chi connectivity index (χ0n) is 20.6. The first kappa shape index (κ1) is 30.0.